The van der Waals surface area contributed by atoms with Crippen LogP contribution in [0.5, 0.6) is 0 Å². The van der Waals surface area contributed by atoms with Crippen molar-refractivity contribution in [3.05, 3.63) is 0 Å². The predicted molar refractivity (Wildman–Crippen MR) is 39.1 cm³/mol. The molecule has 1 saturated carbocycles. The van der Waals surface area contributed by atoms with Crippen molar-refractivity contribution in [2.75, 3.05) is 7.11 Å². The molecule has 1 nitrogen and oxygen atoms in total. The van der Waals surface area contributed by atoms with E-state index in [1.165, 1.54) is 6.92 Å². The second-order valence-electron chi connectivity index (χ2n) is 3.38. The molecule has 1 fully saturated rings. The van der Waals surface area contributed by atoms with Crippen molar-refractivity contribution in [3.63, 3.8) is 0 Å². The molecule has 0 spiro atoms. The Hall–Kier alpha value is -0.180. The number of hydrogen-bond acceptors (Lipinski definition) is 1. The quantitative estimate of drug-likeness (QED) is 0.577. The molecule has 0 aromatic heterocycles. The topological polar surface area (TPSA) is 9.23 Å². The Kier molecular flexibility index (Phi) is 2.47. The number of ether oxygens (including phenoxy) is 1. The molecular weight excluding hydrogens is 150 g/mol. The van der Waals surface area contributed by atoms with Gasteiger partial charge >= 0.3 is 0 Å². The van der Waals surface area contributed by atoms with Crippen LogP contribution in [0.25, 0.3) is 0 Å². The fraction of sp³-hybridized carbons (Fsp3) is 1.00. The molecule has 1 aliphatic rings. The minimum absolute atomic E-state index is 0.100. The first kappa shape index (κ1) is 8.91. The summed E-state index contributed by atoms with van der Waals surface area (Å²) in [6, 6.07) is 0. The molecule has 0 N–H and O–H groups in total. The third-order valence-corrected chi connectivity index (χ3v) is 2.36. The molecule has 0 aliphatic heterocycles. The van der Waals surface area contributed by atoms with Gasteiger partial charge in [0.15, 0.2) is 0 Å². The highest BCUT2D eigenvalue weighted by molar-refractivity contribution is 4.90. The first-order valence-electron chi connectivity index (χ1n) is 3.92. The van der Waals surface area contributed by atoms with Gasteiger partial charge in [0, 0.05) is 13.5 Å². The molecular formula is C8H14F2O. The van der Waals surface area contributed by atoms with E-state index in [0.717, 1.165) is 0 Å². The molecule has 0 saturated heterocycles. The first-order valence-corrected chi connectivity index (χ1v) is 3.92. The number of methoxy groups -OCH3 is 1. The third-order valence-electron chi connectivity index (χ3n) is 2.36. The highest BCUT2D eigenvalue weighted by atomic mass is 19.2. The Morgan fingerprint density at radius 3 is 2.55 bits per heavy atom. The maximum atomic E-state index is 13.2. The lowest BCUT2D eigenvalue weighted by Crippen LogP contribution is -2.41. The number of rotatable bonds is 1. The average molecular weight is 164 g/mol. The van der Waals surface area contributed by atoms with E-state index in [1.54, 1.807) is 7.11 Å². The van der Waals surface area contributed by atoms with Gasteiger partial charge in [-0.2, -0.15) is 0 Å². The van der Waals surface area contributed by atoms with Gasteiger partial charge in [-0.05, 0) is 19.8 Å². The Labute approximate surface area is 65.7 Å². The molecule has 0 heterocycles. The van der Waals surface area contributed by atoms with E-state index < -0.39 is 11.8 Å². The van der Waals surface area contributed by atoms with E-state index >= 15 is 0 Å². The molecule has 0 amide bonds. The van der Waals surface area contributed by atoms with Crippen molar-refractivity contribution in [2.45, 2.75) is 44.1 Å². The molecule has 66 valence electrons. The zero-order valence-electron chi connectivity index (χ0n) is 6.94. The van der Waals surface area contributed by atoms with Gasteiger partial charge in [0.05, 0.1) is 6.10 Å². The number of hydrogen-bond donors (Lipinski definition) is 0. The molecule has 0 aromatic rings. The highest BCUT2D eigenvalue weighted by Gasteiger charge is 2.41. The summed E-state index contributed by atoms with van der Waals surface area (Å²) in [4.78, 5) is 0. The van der Waals surface area contributed by atoms with Crippen LogP contribution in [0.1, 0.15) is 26.2 Å². The molecule has 1 aliphatic carbocycles. The standard InChI is InChI=1S/C8H14F2O/c1-8(10)5-6(11-2)3-4-7(8)9/h6-7H,3-5H2,1-2H3. The zero-order chi connectivity index (χ0) is 8.48. The summed E-state index contributed by atoms with van der Waals surface area (Å²) in [7, 11) is 1.54. The van der Waals surface area contributed by atoms with Crippen LogP contribution < -0.4 is 0 Å². The molecule has 3 unspecified atom stereocenters. The maximum absolute atomic E-state index is 13.2. The van der Waals surface area contributed by atoms with E-state index in [0.29, 0.717) is 6.42 Å². The normalized spacial score (nSPS) is 45.8. The first-order chi connectivity index (χ1) is 5.06. The summed E-state index contributed by atoms with van der Waals surface area (Å²) >= 11 is 0. The van der Waals surface area contributed by atoms with Crippen molar-refractivity contribution >= 4 is 0 Å². The van der Waals surface area contributed by atoms with Gasteiger partial charge in [-0.25, -0.2) is 8.78 Å². The Bertz CT molecular complexity index is 136. The second kappa shape index (κ2) is 3.05. The van der Waals surface area contributed by atoms with Gasteiger partial charge in [-0.15, -0.1) is 0 Å². The predicted octanol–water partition coefficient (Wildman–Crippen LogP) is 2.25. The zero-order valence-corrected chi connectivity index (χ0v) is 6.94. The largest absolute Gasteiger partial charge is 0.381 e. The van der Waals surface area contributed by atoms with Crippen LogP contribution >= 0.6 is 0 Å². The summed E-state index contributed by atoms with van der Waals surface area (Å²) in [6.07, 6.45) is -0.307. The van der Waals surface area contributed by atoms with Gasteiger partial charge < -0.3 is 4.74 Å². The molecule has 3 atom stereocenters. The van der Waals surface area contributed by atoms with Crippen molar-refractivity contribution in [2.24, 2.45) is 0 Å². The maximum Gasteiger partial charge on any atom is 0.141 e. The van der Waals surface area contributed by atoms with Crippen LogP contribution in [0.2, 0.25) is 0 Å². The summed E-state index contributed by atoms with van der Waals surface area (Å²) in [5.41, 5.74) is -1.68. The van der Waals surface area contributed by atoms with Gasteiger partial charge in [0.2, 0.25) is 0 Å². The van der Waals surface area contributed by atoms with Crippen LogP contribution in [-0.2, 0) is 4.74 Å². The molecule has 11 heavy (non-hydrogen) atoms. The lowest BCUT2D eigenvalue weighted by Gasteiger charge is -2.33. The van der Waals surface area contributed by atoms with Crippen LogP contribution in [0.15, 0.2) is 0 Å². The molecule has 0 aromatic carbocycles. The van der Waals surface area contributed by atoms with Crippen LogP contribution in [-0.4, -0.2) is 25.1 Å². The second-order valence-corrected chi connectivity index (χ2v) is 3.38. The smallest absolute Gasteiger partial charge is 0.141 e. The fourth-order valence-electron chi connectivity index (χ4n) is 1.51. The van der Waals surface area contributed by atoms with Crippen molar-refractivity contribution in [1.29, 1.82) is 0 Å². The van der Waals surface area contributed by atoms with E-state index in [1.807, 2.05) is 0 Å². The van der Waals surface area contributed by atoms with Crippen LogP contribution in [0.4, 0.5) is 8.78 Å². The highest BCUT2D eigenvalue weighted by Crippen LogP contribution is 2.34. The average Bonchev–Trinajstić information content (AvgIpc) is 1.95. The lowest BCUT2D eigenvalue weighted by molar-refractivity contribution is -0.0461. The monoisotopic (exact) mass is 164 g/mol. The fourth-order valence-corrected chi connectivity index (χ4v) is 1.51. The van der Waals surface area contributed by atoms with Gasteiger partial charge in [0.25, 0.3) is 0 Å². The number of alkyl halides is 2. The minimum Gasteiger partial charge on any atom is -0.381 e. The van der Waals surface area contributed by atoms with Gasteiger partial charge in [-0.3, -0.25) is 0 Å². The third kappa shape index (κ3) is 1.89. The van der Waals surface area contributed by atoms with Gasteiger partial charge in [0.1, 0.15) is 11.8 Å². The van der Waals surface area contributed by atoms with Gasteiger partial charge in [-0.1, -0.05) is 0 Å². The van der Waals surface area contributed by atoms with Crippen molar-refractivity contribution in [3.8, 4) is 0 Å². The van der Waals surface area contributed by atoms with Crippen molar-refractivity contribution in [1.82, 2.24) is 0 Å². The SMILES string of the molecule is COC1CCC(F)C(C)(F)C1. The summed E-state index contributed by atoms with van der Waals surface area (Å²) < 4.78 is 31.1. The minimum atomic E-state index is -1.68. The molecule has 0 bridgehead atoms. The van der Waals surface area contributed by atoms with E-state index in [-0.39, 0.29) is 18.9 Å². The van der Waals surface area contributed by atoms with Crippen molar-refractivity contribution < 1.29 is 13.5 Å². The lowest BCUT2D eigenvalue weighted by atomic mass is 9.84. The Morgan fingerprint density at radius 2 is 2.09 bits per heavy atom. The molecule has 3 heteroatoms. The summed E-state index contributed by atoms with van der Waals surface area (Å²) in [6.45, 7) is 1.31. The van der Waals surface area contributed by atoms with Crippen LogP contribution in [0.3, 0.4) is 0 Å². The van der Waals surface area contributed by atoms with Crippen LogP contribution in [0, 0.1) is 0 Å². The van der Waals surface area contributed by atoms with E-state index in [9.17, 15) is 8.78 Å². The Morgan fingerprint density at radius 1 is 1.45 bits per heavy atom. The molecule has 0 radical (unpaired) electrons. The molecule has 1 rings (SSSR count). The summed E-state index contributed by atoms with van der Waals surface area (Å²) in [5.74, 6) is 0. The Balaban J connectivity index is 2.52. The van der Waals surface area contributed by atoms with E-state index in [2.05, 4.69) is 0 Å². The van der Waals surface area contributed by atoms with E-state index in [4.69, 9.17) is 4.74 Å². The number of halogens is 2. The summed E-state index contributed by atoms with van der Waals surface area (Å²) in [5, 5.41) is 0.